The van der Waals surface area contributed by atoms with Crippen LogP contribution in [0.2, 0.25) is 0 Å². The predicted octanol–water partition coefficient (Wildman–Crippen LogP) is -0.249. The second-order valence-electron chi connectivity index (χ2n) is 1.77. The molecule has 2 atom stereocenters. The molecule has 0 rings (SSSR count). The fraction of sp³-hybridized carbons (Fsp3) is 0.667. The molecule has 0 bridgehead atoms. The van der Waals surface area contributed by atoms with E-state index in [0.717, 1.165) is 0 Å². The van der Waals surface area contributed by atoms with Crippen molar-refractivity contribution in [2.45, 2.75) is 25.6 Å². The van der Waals surface area contributed by atoms with Gasteiger partial charge in [0.25, 0.3) is 0 Å². The fourth-order valence-corrected chi connectivity index (χ4v) is 0.391. The standard InChI is InChI=1S/C6H10O2/c1-3-6(8)4-5(2)7/h1,5-8H,4H2,2H3/t5-,6+/m1/s1. The van der Waals surface area contributed by atoms with Crippen LogP contribution in [0.1, 0.15) is 13.3 Å². The first-order chi connectivity index (χ1) is 3.66. The second kappa shape index (κ2) is 3.48. The van der Waals surface area contributed by atoms with Crippen LogP contribution in [0.3, 0.4) is 0 Å². The molecule has 0 aromatic rings. The zero-order chi connectivity index (χ0) is 6.57. The number of hydrogen-bond acceptors (Lipinski definition) is 2. The highest BCUT2D eigenvalue weighted by Crippen LogP contribution is 1.93. The molecular weight excluding hydrogens is 104 g/mol. The molecule has 8 heavy (non-hydrogen) atoms. The molecule has 0 heterocycles. The van der Waals surface area contributed by atoms with Crippen LogP contribution in [0.15, 0.2) is 0 Å². The van der Waals surface area contributed by atoms with Crippen molar-refractivity contribution in [3.63, 3.8) is 0 Å². The highest BCUT2D eigenvalue weighted by Gasteiger charge is 2.01. The first-order valence-corrected chi connectivity index (χ1v) is 2.49. The molecule has 0 aromatic carbocycles. The van der Waals surface area contributed by atoms with Gasteiger partial charge in [-0.15, -0.1) is 6.42 Å². The van der Waals surface area contributed by atoms with Crippen LogP contribution >= 0.6 is 0 Å². The Balaban J connectivity index is 3.28. The SMILES string of the molecule is C#C[C@H](O)C[C@@H](C)O. The van der Waals surface area contributed by atoms with Crippen LogP contribution in [-0.4, -0.2) is 22.4 Å². The van der Waals surface area contributed by atoms with E-state index in [1.54, 1.807) is 6.92 Å². The van der Waals surface area contributed by atoms with Gasteiger partial charge in [-0.05, 0) is 6.92 Å². The molecule has 0 fully saturated rings. The maximum Gasteiger partial charge on any atom is 0.116 e. The highest BCUT2D eigenvalue weighted by molar-refractivity contribution is 4.93. The van der Waals surface area contributed by atoms with Crippen molar-refractivity contribution < 1.29 is 10.2 Å². The summed E-state index contributed by atoms with van der Waals surface area (Å²) < 4.78 is 0. The summed E-state index contributed by atoms with van der Waals surface area (Å²) in [6.45, 7) is 1.58. The Morgan fingerprint density at radius 2 is 2.12 bits per heavy atom. The summed E-state index contributed by atoms with van der Waals surface area (Å²) >= 11 is 0. The summed E-state index contributed by atoms with van der Waals surface area (Å²) in [4.78, 5) is 0. The molecule has 0 aliphatic heterocycles. The average molecular weight is 114 g/mol. The van der Waals surface area contributed by atoms with Gasteiger partial charge in [-0.1, -0.05) is 5.92 Å². The Morgan fingerprint density at radius 3 is 2.25 bits per heavy atom. The second-order valence-corrected chi connectivity index (χ2v) is 1.77. The van der Waals surface area contributed by atoms with E-state index in [9.17, 15) is 0 Å². The largest absolute Gasteiger partial charge is 0.393 e. The van der Waals surface area contributed by atoms with Crippen molar-refractivity contribution in [3.05, 3.63) is 0 Å². The molecule has 0 aliphatic carbocycles. The number of hydrogen-bond donors (Lipinski definition) is 2. The van der Waals surface area contributed by atoms with Gasteiger partial charge in [0.1, 0.15) is 6.10 Å². The number of rotatable bonds is 2. The van der Waals surface area contributed by atoms with Gasteiger partial charge in [0.2, 0.25) is 0 Å². The van der Waals surface area contributed by atoms with E-state index in [0.29, 0.717) is 0 Å². The van der Waals surface area contributed by atoms with E-state index in [1.807, 2.05) is 0 Å². The average Bonchev–Trinajstić information content (AvgIpc) is 1.65. The molecule has 2 nitrogen and oxygen atoms in total. The van der Waals surface area contributed by atoms with Crippen molar-refractivity contribution in [3.8, 4) is 12.3 Å². The van der Waals surface area contributed by atoms with E-state index in [1.165, 1.54) is 0 Å². The quantitative estimate of drug-likeness (QED) is 0.486. The molecule has 0 unspecified atom stereocenters. The highest BCUT2D eigenvalue weighted by atomic mass is 16.3. The van der Waals surface area contributed by atoms with Crippen LogP contribution in [0.25, 0.3) is 0 Å². The Labute approximate surface area is 49.2 Å². The lowest BCUT2D eigenvalue weighted by molar-refractivity contribution is 0.121. The molecule has 0 aliphatic rings. The van der Waals surface area contributed by atoms with Gasteiger partial charge < -0.3 is 10.2 Å². The van der Waals surface area contributed by atoms with Gasteiger partial charge in [0, 0.05) is 6.42 Å². The summed E-state index contributed by atoms with van der Waals surface area (Å²) in [6.07, 6.45) is 3.76. The predicted molar refractivity (Wildman–Crippen MR) is 31.1 cm³/mol. The molecule has 0 saturated carbocycles. The van der Waals surface area contributed by atoms with Crippen LogP contribution in [0.4, 0.5) is 0 Å². The van der Waals surface area contributed by atoms with Gasteiger partial charge in [-0.25, -0.2) is 0 Å². The summed E-state index contributed by atoms with van der Waals surface area (Å²) in [5.74, 6) is 2.09. The Morgan fingerprint density at radius 1 is 1.62 bits per heavy atom. The third-order valence-corrected chi connectivity index (χ3v) is 0.757. The summed E-state index contributed by atoms with van der Waals surface area (Å²) in [7, 11) is 0. The summed E-state index contributed by atoms with van der Waals surface area (Å²) in [6, 6.07) is 0. The Kier molecular flexibility index (Phi) is 3.25. The van der Waals surface area contributed by atoms with Crippen LogP contribution in [0.5, 0.6) is 0 Å². The summed E-state index contributed by atoms with van der Waals surface area (Å²) in [5.41, 5.74) is 0. The fourth-order valence-electron chi connectivity index (χ4n) is 0.391. The van der Waals surface area contributed by atoms with Gasteiger partial charge in [-0.3, -0.25) is 0 Å². The van der Waals surface area contributed by atoms with Crippen molar-refractivity contribution >= 4 is 0 Å². The smallest absolute Gasteiger partial charge is 0.116 e. The lowest BCUT2D eigenvalue weighted by atomic mass is 10.2. The first-order valence-electron chi connectivity index (χ1n) is 2.49. The van der Waals surface area contributed by atoms with E-state index in [4.69, 9.17) is 16.6 Å². The van der Waals surface area contributed by atoms with Crippen LogP contribution < -0.4 is 0 Å². The molecule has 0 aromatic heterocycles. The Bertz CT molecular complexity index is 91.2. The minimum Gasteiger partial charge on any atom is -0.393 e. The lowest BCUT2D eigenvalue weighted by Gasteiger charge is -2.03. The van der Waals surface area contributed by atoms with Crippen molar-refractivity contribution in [2.75, 3.05) is 0 Å². The molecular formula is C6H10O2. The zero-order valence-electron chi connectivity index (χ0n) is 4.83. The molecule has 0 radical (unpaired) electrons. The minimum atomic E-state index is -0.796. The molecule has 2 N–H and O–H groups in total. The maximum atomic E-state index is 8.63. The van der Waals surface area contributed by atoms with E-state index in [2.05, 4.69) is 5.92 Å². The van der Waals surface area contributed by atoms with E-state index < -0.39 is 12.2 Å². The van der Waals surface area contributed by atoms with Gasteiger partial charge in [0.15, 0.2) is 0 Å². The number of aliphatic hydroxyl groups is 2. The topological polar surface area (TPSA) is 40.5 Å². The number of terminal acetylenes is 1. The molecule has 0 saturated heterocycles. The van der Waals surface area contributed by atoms with Gasteiger partial charge in [-0.2, -0.15) is 0 Å². The van der Waals surface area contributed by atoms with Crippen molar-refractivity contribution in [1.29, 1.82) is 0 Å². The molecule has 2 heteroatoms. The molecule has 0 spiro atoms. The van der Waals surface area contributed by atoms with E-state index in [-0.39, 0.29) is 6.42 Å². The third kappa shape index (κ3) is 3.66. The maximum absolute atomic E-state index is 8.63. The monoisotopic (exact) mass is 114 g/mol. The lowest BCUT2D eigenvalue weighted by Crippen LogP contribution is -2.11. The van der Waals surface area contributed by atoms with Crippen LogP contribution in [-0.2, 0) is 0 Å². The van der Waals surface area contributed by atoms with Crippen molar-refractivity contribution in [1.82, 2.24) is 0 Å². The van der Waals surface area contributed by atoms with Crippen LogP contribution in [0, 0.1) is 12.3 Å². The molecule has 0 amide bonds. The van der Waals surface area contributed by atoms with Crippen molar-refractivity contribution in [2.24, 2.45) is 0 Å². The number of aliphatic hydroxyl groups excluding tert-OH is 2. The first kappa shape index (κ1) is 7.48. The van der Waals surface area contributed by atoms with E-state index >= 15 is 0 Å². The Hall–Kier alpha value is -0.520. The molecule has 46 valence electrons. The normalized spacial score (nSPS) is 16.8. The summed E-state index contributed by atoms with van der Waals surface area (Å²) in [5, 5.41) is 17.2. The minimum absolute atomic E-state index is 0.260. The third-order valence-electron chi connectivity index (χ3n) is 0.757. The zero-order valence-corrected chi connectivity index (χ0v) is 4.83. The van der Waals surface area contributed by atoms with Gasteiger partial charge in [0.05, 0.1) is 6.10 Å². The van der Waals surface area contributed by atoms with Gasteiger partial charge >= 0.3 is 0 Å².